The minimum Gasteiger partial charge on any atom is -0.298 e. The van der Waals surface area contributed by atoms with Crippen LogP contribution in [0.2, 0.25) is 0 Å². The quantitative estimate of drug-likeness (QED) is 0.565. The topological polar surface area (TPSA) is 17.1 Å². The van der Waals surface area contributed by atoms with Crippen LogP contribution in [0.1, 0.15) is 47.8 Å². The Hall–Kier alpha value is -2.15. The lowest BCUT2D eigenvalue weighted by Crippen LogP contribution is -2.10. The molecule has 0 aliphatic heterocycles. The number of benzene rings is 2. The number of aldehydes is 1. The summed E-state index contributed by atoms with van der Waals surface area (Å²) in [6.45, 7) is 6.63. The summed E-state index contributed by atoms with van der Waals surface area (Å²) in [5, 5.41) is 0. The van der Waals surface area contributed by atoms with Gasteiger partial charge in [0.1, 0.15) is 6.29 Å². The molecule has 0 saturated heterocycles. The van der Waals surface area contributed by atoms with E-state index in [4.69, 9.17) is 0 Å². The van der Waals surface area contributed by atoms with Crippen LogP contribution in [0.25, 0.3) is 12.2 Å². The second kappa shape index (κ2) is 5.87. The van der Waals surface area contributed by atoms with Gasteiger partial charge in [0.15, 0.2) is 0 Å². The molecule has 0 spiro atoms. The minimum absolute atomic E-state index is 0.181. The second-order valence-corrected chi connectivity index (χ2v) is 5.99. The standard InChI is InChI=1S/C19H20O/c1-19(2,3)18-11-9-15(10-12-18)7-8-16-5-4-6-17(13-16)14-20/h4-14H,1-3H3. The van der Waals surface area contributed by atoms with E-state index >= 15 is 0 Å². The fourth-order valence-electron chi connectivity index (χ4n) is 2.02. The molecule has 0 heterocycles. The summed E-state index contributed by atoms with van der Waals surface area (Å²) in [6, 6.07) is 16.2. The summed E-state index contributed by atoms with van der Waals surface area (Å²) in [4.78, 5) is 10.7. The molecule has 0 saturated carbocycles. The van der Waals surface area contributed by atoms with E-state index in [0.29, 0.717) is 5.56 Å². The molecule has 2 aromatic carbocycles. The number of rotatable bonds is 3. The Morgan fingerprint density at radius 3 is 2.00 bits per heavy atom. The fraction of sp³-hybridized carbons (Fsp3) is 0.211. The molecule has 0 atom stereocenters. The summed E-state index contributed by atoms with van der Waals surface area (Å²) in [7, 11) is 0. The van der Waals surface area contributed by atoms with Gasteiger partial charge in [-0.2, -0.15) is 0 Å². The molecule has 0 unspecified atom stereocenters. The van der Waals surface area contributed by atoms with Gasteiger partial charge in [-0.3, -0.25) is 4.79 Å². The third-order valence-corrected chi connectivity index (χ3v) is 3.29. The van der Waals surface area contributed by atoms with Gasteiger partial charge >= 0.3 is 0 Å². The van der Waals surface area contributed by atoms with Crippen molar-refractivity contribution in [2.24, 2.45) is 0 Å². The van der Waals surface area contributed by atoms with E-state index < -0.39 is 0 Å². The molecule has 1 heteroatoms. The molecular formula is C19H20O. The van der Waals surface area contributed by atoms with Crippen LogP contribution in [-0.4, -0.2) is 6.29 Å². The zero-order valence-electron chi connectivity index (χ0n) is 12.3. The van der Waals surface area contributed by atoms with Crippen LogP contribution in [0.5, 0.6) is 0 Å². The van der Waals surface area contributed by atoms with Gasteiger partial charge in [-0.1, -0.05) is 75.4 Å². The lowest BCUT2D eigenvalue weighted by Gasteiger charge is -2.18. The van der Waals surface area contributed by atoms with Crippen molar-refractivity contribution in [2.75, 3.05) is 0 Å². The number of carbonyl (C=O) groups excluding carboxylic acids is 1. The summed E-state index contributed by atoms with van der Waals surface area (Å²) in [5.41, 5.74) is 4.41. The van der Waals surface area contributed by atoms with Crippen LogP contribution in [0.4, 0.5) is 0 Å². The maximum atomic E-state index is 10.7. The van der Waals surface area contributed by atoms with E-state index in [1.54, 1.807) is 0 Å². The molecule has 2 rings (SSSR count). The van der Waals surface area contributed by atoms with Gasteiger partial charge in [-0.05, 0) is 28.2 Å². The zero-order chi connectivity index (χ0) is 14.6. The largest absolute Gasteiger partial charge is 0.298 e. The number of hydrogen-bond acceptors (Lipinski definition) is 1. The summed E-state index contributed by atoms with van der Waals surface area (Å²) >= 11 is 0. The van der Waals surface area contributed by atoms with Gasteiger partial charge in [0.25, 0.3) is 0 Å². The molecule has 0 fully saturated rings. The Labute approximate surface area is 121 Å². The van der Waals surface area contributed by atoms with Crippen LogP contribution < -0.4 is 0 Å². The molecular weight excluding hydrogens is 244 g/mol. The number of carbonyl (C=O) groups is 1. The van der Waals surface area contributed by atoms with Crippen molar-refractivity contribution in [3.05, 3.63) is 70.8 Å². The van der Waals surface area contributed by atoms with E-state index in [-0.39, 0.29) is 5.41 Å². The molecule has 2 aromatic rings. The molecule has 0 N–H and O–H groups in total. The highest BCUT2D eigenvalue weighted by atomic mass is 16.1. The Morgan fingerprint density at radius 2 is 1.40 bits per heavy atom. The van der Waals surface area contributed by atoms with Crippen LogP contribution in [0.3, 0.4) is 0 Å². The van der Waals surface area contributed by atoms with Crippen molar-refractivity contribution in [3.8, 4) is 0 Å². The smallest absolute Gasteiger partial charge is 0.150 e. The first-order chi connectivity index (χ1) is 9.49. The van der Waals surface area contributed by atoms with Gasteiger partial charge in [-0.15, -0.1) is 0 Å². The van der Waals surface area contributed by atoms with Crippen LogP contribution in [0, 0.1) is 0 Å². The molecule has 0 aliphatic rings. The van der Waals surface area contributed by atoms with Gasteiger partial charge in [-0.25, -0.2) is 0 Å². The molecule has 0 amide bonds. The van der Waals surface area contributed by atoms with Crippen LogP contribution in [0.15, 0.2) is 48.5 Å². The Bertz CT molecular complexity index is 613. The summed E-state index contributed by atoms with van der Waals surface area (Å²) in [6.07, 6.45) is 4.96. The molecule has 0 aromatic heterocycles. The first kappa shape index (κ1) is 14.3. The van der Waals surface area contributed by atoms with Crippen molar-refractivity contribution in [3.63, 3.8) is 0 Å². The number of hydrogen-bond donors (Lipinski definition) is 0. The van der Waals surface area contributed by atoms with Gasteiger partial charge in [0.05, 0.1) is 0 Å². The highest BCUT2D eigenvalue weighted by Gasteiger charge is 2.12. The third-order valence-electron chi connectivity index (χ3n) is 3.29. The Balaban J connectivity index is 2.17. The average molecular weight is 264 g/mol. The van der Waals surface area contributed by atoms with E-state index in [1.165, 1.54) is 5.56 Å². The first-order valence-electron chi connectivity index (χ1n) is 6.83. The third kappa shape index (κ3) is 3.67. The lowest BCUT2D eigenvalue weighted by molar-refractivity contribution is 0.112. The second-order valence-electron chi connectivity index (χ2n) is 5.99. The summed E-state index contributed by atoms with van der Waals surface area (Å²) < 4.78 is 0. The van der Waals surface area contributed by atoms with Gasteiger partial charge < -0.3 is 0 Å². The van der Waals surface area contributed by atoms with Gasteiger partial charge in [0, 0.05) is 5.56 Å². The van der Waals surface area contributed by atoms with Crippen molar-refractivity contribution in [2.45, 2.75) is 26.2 Å². The molecule has 1 nitrogen and oxygen atoms in total. The van der Waals surface area contributed by atoms with Gasteiger partial charge in [0.2, 0.25) is 0 Å². The molecule has 0 aliphatic carbocycles. The van der Waals surface area contributed by atoms with Crippen LogP contribution in [-0.2, 0) is 5.41 Å². The molecule has 0 radical (unpaired) electrons. The monoisotopic (exact) mass is 264 g/mol. The van der Waals surface area contributed by atoms with Crippen molar-refractivity contribution in [1.29, 1.82) is 0 Å². The molecule has 102 valence electrons. The fourth-order valence-corrected chi connectivity index (χ4v) is 2.02. The Kier molecular flexibility index (Phi) is 4.19. The highest BCUT2D eigenvalue weighted by molar-refractivity contribution is 5.78. The molecule has 0 bridgehead atoms. The van der Waals surface area contributed by atoms with E-state index in [1.807, 2.05) is 30.3 Å². The first-order valence-corrected chi connectivity index (χ1v) is 6.83. The lowest BCUT2D eigenvalue weighted by atomic mass is 9.87. The predicted octanol–water partition coefficient (Wildman–Crippen LogP) is 4.97. The zero-order valence-corrected chi connectivity index (χ0v) is 12.3. The average Bonchev–Trinajstić information content (AvgIpc) is 2.45. The highest BCUT2D eigenvalue weighted by Crippen LogP contribution is 2.22. The van der Waals surface area contributed by atoms with E-state index in [0.717, 1.165) is 17.4 Å². The Morgan fingerprint density at radius 1 is 0.800 bits per heavy atom. The maximum Gasteiger partial charge on any atom is 0.150 e. The maximum absolute atomic E-state index is 10.7. The van der Waals surface area contributed by atoms with Crippen molar-refractivity contribution < 1.29 is 4.79 Å². The van der Waals surface area contributed by atoms with E-state index in [9.17, 15) is 4.79 Å². The minimum atomic E-state index is 0.181. The predicted molar refractivity (Wildman–Crippen MR) is 85.9 cm³/mol. The SMILES string of the molecule is CC(C)(C)c1ccc(C=Cc2cccc(C=O)c2)cc1. The van der Waals surface area contributed by atoms with E-state index in [2.05, 4.69) is 51.1 Å². The normalized spacial score (nSPS) is 11.8. The molecule has 20 heavy (non-hydrogen) atoms. The van der Waals surface area contributed by atoms with Crippen LogP contribution >= 0.6 is 0 Å². The van der Waals surface area contributed by atoms with Crippen molar-refractivity contribution in [1.82, 2.24) is 0 Å². The van der Waals surface area contributed by atoms with Crippen molar-refractivity contribution >= 4 is 18.4 Å². The summed E-state index contributed by atoms with van der Waals surface area (Å²) in [5.74, 6) is 0.